The van der Waals surface area contributed by atoms with Crippen LogP contribution in [0.5, 0.6) is 0 Å². The van der Waals surface area contributed by atoms with Crippen LogP contribution in [0.1, 0.15) is 11.3 Å². The summed E-state index contributed by atoms with van der Waals surface area (Å²) in [6, 6.07) is 14.1. The molecule has 3 nitrogen and oxygen atoms in total. The van der Waals surface area contributed by atoms with Crippen LogP contribution in [0.2, 0.25) is 0 Å². The van der Waals surface area contributed by atoms with Gasteiger partial charge in [-0.2, -0.15) is 5.26 Å². The van der Waals surface area contributed by atoms with Gasteiger partial charge < -0.3 is 4.74 Å². The van der Waals surface area contributed by atoms with Crippen molar-refractivity contribution in [1.29, 1.82) is 5.26 Å². The van der Waals surface area contributed by atoms with Crippen molar-refractivity contribution in [2.75, 3.05) is 7.11 Å². The molecule has 0 unspecified atom stereocenters. The lowest BCUT2D eigenvalue weighted by Crippen LogP contribution is -1.94. The Morgan fingerprint density at radius 3 is 2.82 bits per heavy atom. The van der Waals surface area contributed by atoms with Gasteiger partial charge in [0.2, 0.25) is 0 Å². The number of aromatic nitrogens is 1. The average Bonchev–Trinajstić information content (AvgIpc) is 2.54. The molecule has 1 heterocycles. The summed E-state index contributed by atoms with van der Waals surface area (Å²) in [5.74, 6) is -0.341. The molecule has 2 aromatic carbocycles. The average molecular weight is 292 g/mol. The van der Waals surface area contributed by atoms with E-state index in [1.165, 1.54) is 12.1 Å². The number of halogens is 1. The van der Waals surface area contributed by atoms with E-state index < -0.39 is 0 Å². The predicted molar refractivity (Wildman–Crippen MR) is 82.6 cm³/mol. The smallest absolute Gasteiger partial charge is 0.148 e. The first-order valence-electron chi connectivity index (χ1n) is 6.79. The van der Waals surface area contributed by atoms with Crippen molar-refractivity contribution in [2.45, 2.75) is 6.61 Å². The molecule has 3 rings (SSSR count). The third kappa shape index (κ3) is 2.54. The van der Waals surface area contributed by atoms with Gasteiger partial charge in [0, 0.05) is 24.3 Å². The fraction of sp³-hybridized carbons (Fsp3) is 0.111. The number of benzene rings is 2. The minimum absolute atomic E-state index is 0.285. The topological polar surface area (TPSA) is 45.9 Å². The molecular weight excluding hydrogens is 279 g/mol. The molecule has 22 heavy (non-hydrogen) atoms. The minimum Gasteiger partial charge on any atom is -0.380 e. The maximum Gasteiger partial charge on any atom is 0.148 e. The van der Waals surface area contributed by atoms with E-state index in [2.05, 4.69) is 11.1 Å². The van der Waals surface area contributed by atoms with E-state index in [0.717, 1.165) is 16.3 Å². The van der Waals surface area contributed by atoms with Crippen molar-refractivity contribution in [3.05, 3.63) is 65.7 Å². The van der Waals surface area contributed by atoms with Gasteiger partial charge in [-0.15, -0.1) is 0 Å². The van der Waals surface area contributed by atoms with Crippen molar-refractivity contribution in [1.82, 2.24) is 4.98 Å². The van der Waals surface area contributed by atoms with Crippen LogP contribution in [0.3, 0.4) is 0 Å². The van der Waals surface area contributed by atoms with Crippen molar-refractivity contribution >= 4 is 10.8 Å². The largest absolute Gasteiger partial charge is 0.380 e. The standard InChI is InChI=1S/C18H13FN2O/c1-22-11-12-5-6-14-10-21-17(9-20)18(16(14)7-12)13-3-2-4-15(19)8-13/h2-8,10H,11H2,1H3. The maximum absolute atomic E-state index is 13.6. The van der Waals surface area contributed by atoms with Gasteiger partial charge in [-0.05, 0) is 34.7 Å². The van der Waals surface area contributed by atoms with Crippen LogP contribution >= 0.6 is 0 Å². The second-order valence-electron chi connectivity index (χ2n) is 4.96. The highest BCUT2D eigenvalue weighted by Gasteiger charge is 2.12. The molecular formula is C18H13FN2O. The number of nitriles is 1. The molecule has 1 aromatic heterocycles. The molecule has 3 aromatic rings. The number of hydrogen-bond acceptors (Lipinski definition) is 3. The first kappa shape index (κ1) is 14.2. The highest BCUT2D eigenvalue weighted by atomic mass is 19.1. The molecule has 0 saturated carbocycles. The van der Waals surface area contributed by atoms with Crippen LogP contribution in [-0.4, -0.2) is 12.1 Å². The molecule has 0 spiro atoms. The van der Waals surface area contributed by atoms with Gasteiger partial charge in [-0.25, -0.2) is 9.37 Å². The Labute approximate surface area is 127 Å². The molecule has 0 N–H and O–H groups in total. The number of ether oxygens (including phenoxy) is 1. The fourth-order valence-corrected chi connectivity index (χ4v) is 2.54. The van der Waals surface area contributed by atoms with Gasteiger partial charge >= 0.3 is 0 Å². The SMILES string of the molecule is COCc1ccc2cnc(C#N)c(-c3cccc(F)c3)c2c1. The summed E-state index contributed by atoms with van der Waals surface area (Å²) in [6.45, 7) is 0.475. The summed E-state index contributed by atoms with van der Waals surface area (Å²) < 4.78 is 18.7. The molecule has 0 saturated heterocycles. The normalized spacial score (nSPS) is 10.6. The quantitative estimate of drug-likeness (QED) is 0.731. The van der Waals surface area contributed by atoms with Crippen molar-refractivity contribution < 1.29 is 9.13 Å². The monoisotopic (exact) mass is 292 g/mol. The first-order valence-corrected chi connectivity index (χ1v) is 6.79. The molecule has 0 aliphatic heterocycles. The van der Waals surface area contributed by atoms with Crippen molar-refractivity contribution in [2.24, 2.45) is 0 Å². The molecule has 108 valence electrons. The number of nitrogens with zero attached hydrogens (tertiary/aromatic N) is 2. The summed E-state index contributed by atoms with van der Waals surface area (Å²) in [4.78, 5) is 4.19. The number of fused-ring (bicyclic) bond motifs is 1. The molecule has 0 fully saturated rings. The molecule has 4 heteroatoms. The van der Waals surface area contributed by atoms with Gasteiger partial charge in [0.25, 0.3) is 0 Å². The molecule has 0 radical (unpaired) electrons. The van der Waals surface area contributed by atoms with Crippen LogP contribution in [0.25, 0.3) is 21.9 Å². The predicted octanol–water partition coefficient (Wildman–Crippen LogP) is 4.06. The number of pyridine rings is 1. The van der Waals surface area contributed by atoms with E-state index in [1.54, 1.807) is 25.4 Å². The number of methoxy groups -OCH3 is 1. The Kier molecular flexibility index (Phi) is 3.82. The lowest BCUT2D eigenvalue weighted by Gasteiger charge is -2.10. The van der Waals surface area contributed by atoms with Crippen LogP contribution in [0, 0.1) is 17.1 Å². The van der Waals surface area contributed by atoms with Crippen LogP contribution < -0.4 is 0 Å². The molecule has 0 atom stereocenters. The Balaban J connectivity index is 2.33. The summed E-state index contributed by atoms with van der Waals surface area (Å²) in [7, 11) is 1.63. The Morgan fingerprint density at radius 2 is 2.09 bits per heavy atom. The Hall–Kier alpha value is -2.77. The van der Waals surface area contributed by atoms with E-state index in [0.29, 0.717) is 17.7 Å². The fourth-order valence-electron chi connectivity index (χ4n) is 2.54. The summed E-state index contributed by atoms with van der Waals surface area (Å²) in [5.41, 5.74) is 2.57. The van der Waals surface area contributed by atoms with Crippen LogP contribution in [-0.2, 0) is 11.3 Å². The third-order valence-electron chi connectivity index (χ3n) is 3.49. The maximum atomic E-state index is 13.6. The molecule has 0 bridgehead atoms. The number of rotatable bonds is 3. The van der Waals surface area contributed by atoms with Crippen LogP contribution in [0.4, 0.5) is 4.39 Å². The lowest BCUT2D eigenvalue weighted by atomic mass is 9.96. The molecule has 0 amide bonds. The Morgan fingerprint density at radius 1 is 1.23 bits per heavy atom. The van der Waals surface area contributed by atoms with Gasteiger partial charge in [-0.3, -0.25) is 0 Å². The highest BCUT2D eigenvalue weighted by Crippen LogP contribution is 2.31. The van der Waals surface area contributed by atoms with Crippen molar-refractivity contribution in [3.63, 3.8) is 0 Å². The van der Waals surface area contributed by atoms with Gasteiger partial charge in [0.15, 0.2) is 0 Å². The molecule has 0 aliphatic rings. The lowest BCUT2D eigenvalue weighted by molar-refractivity contribution is 0.185. The molecule has 0 aliphatic carbocycles. The van der Waals surface area contributed by atoms with Gasteiger partial charge in [-0.1, -0.05) is 24.3 Å². The van der Waals surface area contributed by atoms with Crippen molar-refractivity contribution in [3.8, 4) is 17.2 Å². The Bertz CT molecular complexity index is 884. The second-order valence-corrected chi connectivity index (χ2v) is 4.96. The number of hydrogen-bond donors (Lipinski definition) is 0. The highest BCUT2D eigenvalue weighted by molar-refractivity contribution is 5.98. The minimum atomic E-state index is -0.341. The zero-order valence-corrected chi connectivity index (χ0v) is 12.0. The first-order chi connectivity index (χ1) is 10.7. The summed E-state index contributed by atoms with van der Waals surface area (Å²) in [6.07, 6.45) is 1.66. The van der Waals surface area contributed by atoms with E-state index >= 15 is 0 Å². The summed E-state index contributed by atoms with van der Waals surface area (Å²) in [5, 5.41) is 11.1. The summed E-state index contributed by atoms with van der Waals surface area (Å²) >= 11 is 0. The third-order valence-corrected chi connectivity index (χ3v) is 3.49. The van der Waals surface area contributed by atoms with E-state index in [4.69, 9.17) is 4.74 Å². The van der Waals surface area contributed by atoms with Gasteiger partial charge in [0.1, 0.15) is 17.6 Å². The zero-order valence-electron chi connectivity index (χ0n) is 12.0. The zero-order chi connectivity index (χ0) is 15.5. The van der Waals surface area contributed by atoms with E-state index in [-0.39, 0.29) is 11.5 Å². The van der Waals surface area contributed by atoms with E-state index in [9.17, 15) is 9.65 Å². The second kappa shape index (κ2) is 5.92. The van der Waals surface area contributed by atoms with E-state index in [1.807, 2.05) is 18.2 Å². The van der Waals surface area contributed by atoms with Gasteiger partial charge in [0.05, 0.1) is 6.61 Å². The van der Waals surface area contributed by atoms with Crippen LogP contribution in [0.15, 0.2) is 48.7 Å².